The number of rotatable bonds is 5. The summed E-state index contributed by atoms with van der Waals surface area (Å²) in [4.78, 5) is 18.5. The van der Waals surface area contributed by atoms with Crippen molar-refractivity contribution in [3.63, 3.8) is 0 Å². The van der Waals surface area contributed by atoms with Gasteiger partial charge in [-0.25, -0.2) is 4.98 Å². The van der Waals surface area contributed by atoms with Crippen LogP contribution in [0.1, 0.15) is 56.2 Å². The van der Waals surface area contributed by atoms with E-state index in [4.69, 9.17) is 0 Å². The van der Waals surface area contributed by atoms with Gasteiger partial charge < -0.3 is 5.11 Å². The number of carboxylic acid groups (broad SMARTS) is 1. The number of thiazole rings is 1. The minimum atomic E-state index is -0.659. The average molecular weight is 308 g/mol. The molecule has 0 aromatic carbocycles. The summed E-state index contributed by atoms with van der Waals surface area (Å²) >= 11 is 1.71. The molecule has 21 heavy (non-hydrogen) atoms. The Morgan fingerprint density at radius 2 is 2.29 bits per heavy atom. The van der Waals surface area contributed by atoms with E-state index in [0.717, 1.165) is 31.4 Å². The van der Waals surface area contributed by atoms with E-state index in [9.17, 15) is 9.90 Å². The maximum Gasteiger partial charge on any atom is 0.320 e. The van der Waals surface area contributed by atoms with Crippen molar-refractivity contribution in [3.05, 3.63) is 16.1 Å². The molecule has 1 aromatic rings. The molecule has 0 unspecified atom stereocenters. The maximum atomic E-state index is 11.6. The minimum Gasteiger partial charge on any atom is -0.480 e. The molecule has 2 aliphatic rings. The van der Waals surface area contributed by atoms with Gasteiger partial charge in [-0.2, -0.15) is 0 Å². The van der Waals surface area contributed by atoms with Gasteiger partial charge in [-0.1, -0.05) is 19.8 Å². The summed E-state index contributed by atoms with van der Waals surface area (Å²) in [7, 11) is 0. The van der Waals surface area contributed by atoms with Crippen LogP contribution in [0.15, 0.2) is 5.38 Å². The molecule has 4 nitrogen and oxygen atoms in total. The van der Waals surface area contributed by atoms with Crippen LogP contribution in [-0.2, 0) is 17.8 Å². The highest BCUT2D eigenvalue weighted by Gasteiger charge is 2.45. The van der Waals surface area contributed by atoms with E-state index in [1.54, 1.807) is 11.3 Å². The van der Waals surface area contributed by atoms with Crippen LogP contribution in [0.3, 0.4) is 0 Å². The highest BCUT2D eigenvalue weighted by Crippen LogP contribution is 2.40. The molecule has 1 aliphatic carbocycles. The van der Waals surface area contributed by atoms with Crippen LogP contribution >= 0.6 is 11.3 Å². The van der Waals surface area contributed by atoms with Gasteiger partial charge >= 0.3 is 5.97 Å². The van der Waals surface area contributed by atoms with Gasteiger partial charge in [0, 0.05) is 18.0 Å². The van der Waals surface area contributed by atoms with Crippen LogP contribution in [0.5, 0.6) is 0 Å². The van der Waals surface area contributed by atoms with Gasteiger partial charge in [0.25, 0.3) is 0 Å². The van der Waals surface area contributed by atoms with Crippen molar-refractivity contribution < 1.29 is 9.90 Å². The largest absolute Gasteiger partial charge is 0.480 e. The fourth-order valence-electron chi connectivity index (χ4n) is 3.96. The van der Waals surface area contributed by atoms with E-state index < -0.39 is 5.97 Å². The van der Waals surface area contributed by atoms with Crippen molar-refractivity contribution in [3.8, 4) is 0 Å². The van der Waals surface area contributed by atoms with Gasteiger partial charge in [-0.3, -0.25) is 9.69 Å². The Bertz CT molecular complexity index is 502. The third-order valence-corrected chi connectivity index (χ3v) is 5.87. The zero-order valence-electron chi connectivity index (χ0n) is 12.6. The highest BCUT2D eigenvalue weighted by molar-refractivity contribution is 7.09. The summed E-state index contributed by atoms with van der Waals surface area (Å²) in [6, 6.07) is 0.144. The third kappa shape index (κ3) is 3.14. The Morgan fingerprint density at radius 3 is 3.05 bits per heavy atom. The Morgan fingerprint density at radius 1 is 1.48 bits per heavy atom. The van der Waals surface area contributed by atoms with Gasteiger partial charge in [0.05, 0.1) is 10.7 Å². The molecule has 5 heteroatoms. The van der Waals surface area contributed by atoms with Gasteiger partial charge in [-0.05, 0) is 38.0 Å². The summed E-state index contributed by atoms with van der Waals surface area (Å²) < 4.78 is 0. The molecule has 1 aromatic heterocycles. The molecule has 1 aliphatic heterocycles. The van der Waals surface area contributed by atoms with Crippen LogP contribution in [0.2, 0.25) is 0 Å². The Balaban J connectivity index is 1.74. The lowest BCUT2D eigenvalue weighted by molar-refractivity contribution is -0.142. The standard InChI is InChI=1S/C16H24N2O2S/c1-2-5-15-17-12(10-21-15)9-18-13-7-4-3-6-11(13)8-14(18)16(19)20/h10-11,13-14H,2-9H2,1H3,(H,19,20)/t11-,13+,14-/m0/s1. The number of aromatic nitrogens is 1. The summed E-state index contributed by atoms with van der Waals surface area (Å²) in [5, 5.41) is 12.8. The third-order valence-electron chi connectivity index (χ3n) is 4.91. The zero-order chi connectivity index (χ0) is 14.8. The first-order valence-electron chi connectivity index (χ1n) is 8.11. The van der Waals surface area contributed by atoms with E-state index in [1.807, 2.05) is 0 Å². The number of aryl methyl sites for hydroxylation is 1. The smallest absolute Gasteiger partial charge is 0.320 e. The van der Waals surface area contributed by atoms with E-state index in [0.29, 0.717) is 18.5 Å². The van der Waals surface area contributed by atoms with Crippen molar-refractivity contribution in [2.24, 2.45) is 5.92 Å². The number of carboxylic acids is 1. The monoisotopic (exact) mass is 308 g/mol. The fourth-order valence-corrected chi connectivity index (χ4v) is 4.85. The lowest BCUT2D eigenvalue weighted by Gasteiger charge is -2.32. The Labute approximate surface area is 130 Å². The molecule has 0 amide bonds. The number of nitrogens with zero attached hydrogens (tertiary/aromatic N) is 2. The topological polar surface area (TPSA) is 53.4 Å². The number of aliphatic carboxylic acids is 1. The molecule has 116 valence electrons. The highest BCUT2D eigenvalue weighted by atomic mass is 32.1. The molecular weight excluding hydrogens is 284 g/mol. The van der Waals surface area contributed by atoms with Crippen LogP contribution in [0, 0.1) is 5.92 Å². The molecule has 1 saturated heterocycles. The van der Waals surface area contributed by atoms with E-state index >= 15 is 0 Å². The first kappa shape index (κ1) is 15.0. The molecule has 1 saturated carbocycles. The predicted molar refractivity (Wildman–Crippen MR) is 83.4 cm³/mol. The number of fused-ring (bicyclic) bond motifs is 1. The number of carbonyl (C=O) groups is 1. The first-order chi connectivity index (χ1) is 10.2. The predicted octanol–water partition coefficient (Wildman–Crippen LogP) is 3.31. The average Bonchev–Trinajstić information content (AvgIpc) is 3.05. The van der Waals surface area contributed by atoms with Crippen molar-refractivity contribution in [2.75, 3.05) is 0 Å². The van der Waals surface area contributed by atoms with Crippen LogP contribution in [-0.4, -0.2) is 33.0 Å². The van der Waals surface area contributed by atoms with Crippen LogP contribution in [0.4, 0.5) is 0 Å². The number of hydrogen-bond donors (Lipinski definition) is 1. The Kier molecular flexibility index (Phi) is 4.60. The molecule has 2 heterocycles. The van der Waals surface area contributed by atoms with Gasteiger partial charge in [0.15, 0.2) is 0 Å². The first-order valence-corrected chi connectivity index (χ1v) is 8.98. The van der Waals surface area contributed by atoms with Crippen molar-refractivity contribution in [2.45, 2.75) is 70.5 Å². The number of likely N-dealkylation sites (tertiary alicyclic amines) is 1. The quantitative estimate of drug-likeness (QED) is 0.906. The second kappa shape index (κ2) is 6.44. The number of hydrogen-bond acceptors (Lipinski definition) is 4. The second-order valence-electron chi connectivity index (χ2n) is 6.36. The SMILES string of the molecule is CCCc1nc(CN2[C@@H]3CCCC[C@H]3C[C@H]2C(=O)O)cs1. The van der Waals surface area contributed by atoms with Crippen molar-refractivity contribution >= 4 is 17.3 Å². The van der Waals surface area contributed by atoms with E-state index in [1.165, 1.54) is 24.3 Å². The molecule has 1 N–H and O–H groups in total. The fraction of sp³-hybridized carbons (Fsp3) is 0.750. The van der Waals surface area contributed by atoms with Gasteiger partial charge in [0.1, 0.15) is 6.04 Å². The van der Waals surface area contributed by atoms with E-state index in [2.05, 4.69) is 22.2 Å². The molecule has 3 atom stereocenters. The summed E-state index contributed by atoms with van der Waals surface area (Å²) in [6.45, 7) is 2.87. The van der Waals surface area contributed by atoms with Crippen molar-refractivity contribution in [1.29, 1.82) is 0 Å². The van der Waals surface area contributed by atoms with Crippen LogP contribution < -0.4 is 0 Å². The Hall–Kier alpha value is -0.940. The molecular formula is C16H24N2O2S. The minimum absolute atomic E-state index is 0.311. The van der Waals surface area contributed by atoms with E-state index in [-0.39, 0.29) is 6.04 Å². The van der Waals surface area contributed by atoms with Gasteiger partial charge in [0.2, 0.25) is 0 Å². The molecule has 0 spiro atoms. The normalized spacial score (nSPS) is 29.5. The molecule has 3 rings (SSSR count). The molecule has 2 fully saturated rings. The summed E-state index contributed by atoms with van der Waals surface area (Å²) in [5.41, 5.74) is 1.06. The van der Waals surface area contributed by atoms with Gasteiger partial charge in [-0.15, -0.1) is 11.3 Å². The molecule has 0 bridgehead atoms. The van der Waals surface area contributed by atoms with Crippen molar-refractivity contribution in [1.82, 2.24) is 9.88 Å². The molecule has 0 radical (unpaired) electrons. The maximum absolute atomic E-state index is 11.6. The second-order valence-corrected chi connectivity index (χ2v) is 7.30. The lowest BCUT2D eigenvalue weighted by atomic mass is 9.85. The zero-order valence-corrected chi connectivity index (χ0v) is 13.4. The summed E-state index contributed by atoms with van der Waals surface area (Å²) in [6.07, 6.45) is 7.81. The summed E-state index contributed by atoms with van der Waals surface area (Å²) in [5.74, 6) is -0.0815. The van der Waals surface area contributed by atoms with Crippen LogP contribution in [0.25, 0.3) is 0 Å². The lowest BCUT2D eigenvalue weighted by Crippen LogP contribution is -2.41.